The van der Waals surface area contributed by atoms with Crippen LogP contribution in [0.3, 0.4) is 0 Å². The van der Waals surface area contributed by atoms with Crippen LogP contribution >= 0.6 is 0 Å². The molecule has 0 saturated carbocycles. The molecule has 1 unspecified atom stereocenters. The minimum absolute atomic E-state index is 0.197. The second-order valence-corrected chi connectivity index (χ2v) is 6.12. The summed E-state index contributed by atoms with van der Waals surface area (Å²) in [7, 11) is 0. The predicted octanol–water partition coefficient (Wildman–Crippen LogP) is 4.67. The van der Waals surface area contributed by atoms with Crippen LogP contribution in [0.25, 0.3) is 0 Å². The molecule has 122 valence electrons. The van der Waals surface area contributed by atoms with Gasteiger partial charge in [-0.3, -0.25) is 4.79 Å². The number of hydrogen-bond donors (Lipinski definition) is 2. The molecule has 0 bridgehead atoms. The highest BCUT2D eigenvalue weighted by atomic mass is 16.1. The number of nitrogens with one attached hydrogen (secondary N) is 2. The molecule has 1 amide bonds. The number of nitrogens with zero attached hydrogens (tertiary/aromatic N) is 1. The minimum atomic E-state index is -0.197. The van der Waals surface area contributed by atoms with Crippen LogP contribution in [0.15, 0.2) is 42.6 Å². The maximum atomic E-state index is 12.2. The number of amides is 1. The summed E-state index contributed by atoms with van der Waals surface area (Å²) < 4.78 is 0. The fourth-order valence-corrected chi connectivity index (χ4v) is 2.15. The summed E-state index contributed by atoms with van der Waals surface area (Å²) in [6, 6.07) is 11.9. The highest BCUT2D eigenvalue weighted by molar-refractivity contribution is 6.02. The molecule has 0 aliphatic heterocycles. The Kier molecular flexibility index (Phi) is 5.74. The van der Waals surface area contributed by atoms with Crippen molar-refractivity contribution in [1.82, 2.24) is 4.98 Å². The Morgan fingerprint density at radius 1 is 1.04 bits per heavy atom. The summed E-state index contributed by atoms with van der Waals surface area (Å²) >= 11 is 0. The van der Waals surface area contributed by atoms with Gasteiger partial charge in [0.15, 0.2) is 0 Å². The van der Waals surface area contributed by atoms with Crippen LogP contribution in [-0.4, -0.2) is 16.9 Å². The standard InChI is InChI=1S/C19H25N3O/c1-5-14(4)21-17-10-11-18(20-12-17)19(23)22-16-8-6-15(7-9-16)13(2)3/h6-14,21H,5H2,1-4H3,(H,22,23). The predicted molar refractivity (Wildman–Crippen MR) is 96.1 cm³/mol. The van der Waals surface area contributed by atoms with E-state index in [0.29, 0.717) is 17.7 Å². The van der Waals surface area contributed by atoms with Gasteiger partial charge in [0.25, 0.3) is 5.91 Å². The van der Waals surface area contributed by atoms with Crippen molar-refractivity contribution in [2.75, 3.05) is 10.6 Å². The molecule has 0 fully saturated rings. The monoisotopic (exact) mass is 311 g/mol. The zero-order chi connectivity index (χ0) is 16.8. The van der Waals surface area contributed by atoms with E-state index in [1.165, 1.54) is 5.56 Å². The van der Waals surface area contributed by atoms with Gasteiger partial charge < -0.3 is 10.6 Å². The molecule has 2 rings (SSSR count). The van der Waals surface area contributed by atoms with Gasteiger partial charge >= 0.3 is 0 Å². The first-order valence-corrected chi connectivity index (χ1v) is 8.13. The quantitative estimate of drug-likeness (QED) is 0.815. The Bertz CT molecular complexity index is 633. The molecule has 1 aromatic heterocycles. The summed E-state index contributed by atoms with van der Waals surface area (Å²) in [5, 5.41) is 6.20. The molecule has 0 aliphatic rings. The van der Waals surface area contributed by atoms with E-state index in [1.54, 1.807) is 12.3 Å². The maximum Gasteiger partial charge on any atom is 0.274 e. The van der Waals surface area contributed by atoms with E-state index < -0.39 is 0 Å². The van der Waals surface area contributed by atoms with Gasteiger partial charge in [-0.25, -0.2) is 4.98 Å². The molecular formula is C19H25N3O. The summed E-state index contributed by atoms with van der Waals surface area (Å²) in [6.45, 7) is 8.53. The van der Waals surface area contributed by atoms with Crippen molar-refractivity contribution >= 4 is 17.3 Å². The molecule has 2 N–H and O–H groups in total. The first-order valence-electron chi connectivity index (χ1n) is 8.13. The number of benzene rings is 1. The normalized spacial score (nSPS) is 12.0. The molecule has 23 heavy (non-hydrogen) atoms. The zero-order valence-corrected chi connectivity index (χ0v) is 14.3. The molecule has 4 nitrogen and oxygen atoms in total. The van der Waals surface area contributed by atoms with E-state index >= 15 is 0 Å². The summed E-state index contributed by atoms with van der Waals surface area (Å²) in [6.07, 6.45) is 2.73. The number of aromatic nitrogens is 1. The number of anilines is 2. The van der Waals surface area contributed by atoms with Crippen LogP contribution in [0.5, 0.6) is 0 Å². The van der Waals surface area contributed by atoms with Crippen molar-refractivity contribution in [3.05, 3.63) is 53.9 Å². The lowest BCUT2D eigenvalue weighted by atomic mass is 10.0. The SMILES string of the molecule is CCC(C)Nc1ccc(C(=O)Nc2ccc(C(C)C)cc2)nc1. The minimum Gasteiger partial charge on any atom is -0.381 e. The molecule has 0 spiro atoms. The molecule has 1 heterocycles. The van der Waals surface area contributed by atoms with E-state index in [-0.39, 0.29) is 5.91 Å². The van der Waals surface area contributed by atoms with Crippen LogP contribution in [0.2, 0.25) is 0 Å². The van der Waals surface area contributed by atoms with Gasteiger partial charge in [-0.2, -0.15) is 0 Å². The summed E-state index contributed by atoms with van der Waals surface area (Å²) in [4.78, 5) is 16.5. The van der Waals surface area contributed by atoms with Gasteiger partial charge in [-0.05, 0) is 49.1 Å². The van der Waals surface area contributed by atoms with Crippen LogP contribution < -0.4 is 10.6 Å². The van der Waals surface area contributed by atoms with Crippen LogP contribution in [0.4, 0.5) is 11.4 Å². The van der Waals surface area contributed by atoms with Crippen molar-refractivity contribution in [1.29, 1.82) is 0 Å². The van der Waals surface area contributed by atoms with Gasteiger partial charge in [0.1, 0.15) is 5.69 Å². The van der Waals surface area contributed by atoms with E-state index in [9.17, 15) is 4.79 Å². The Morgan fingerprint density at radius 3 is 2.22 bits per heavy atom. The summed E-state index contributed by atoms with van der Waals surface area (Å²) in [5.74, 6) is 0.282. The van der Waals surface area contributed by atoms with E-state index in [1.807, 2.05) is 30.3 Å². The van der Waals surface area contributed by atoms with Gasteiger partial charge in [0.2, 0.25) is 0 Å². The molecule has 1 aromatic carbocycles. The average molecular weight is 311 g/mol. The highest BCUT2D eigenvalue weighted by Crippen LogP contribution is 2.17. The fraction of sp³-hybridized carbons (Fsp3) is 0.368. The first kappa shape index (κ1) is 17.0. The lowest BCUT2D eigenvalue weighted by Gasteiger charge is -2.12. The largest absolute Gasteiger partial charge is 0.381 e. The Hall–Kier alpha value is -2.36. The van der Waals surface area contributed by atoms with Crippen molar-refractivity contribution in [2.24, 2.45) is 0 Å². The van der Waals surface area contributed by atoms with Crippen LogP contribution in [-0.2, 0) is 0 Å². The van der Waals surface area contributed by atoms with E-state index in [4.69, 9.17) is 0 Å². The molecule has 2 aromatic rings. The summed E-state index contributed by atoms with van der Waals surface area (Å²) in [5.41, 5.74) is 3.37. The van der Waals surface area contributed by atoms with Gasteiger partial charge in [-0.1, -0.05) is 32.9 Å². The van der Waals surface area contributed by atoms with E-state index in [0.717, 1.165) is 17.8 Å². The second kappa shape index (κ2) is 7.77. The van der Waals surface area contributed by atoms with Crippen molar-refractivity contribution < 1.29 is 4.79 Å². The third-order valence-corrected chi connectivity index (χ3v) is 3.86. The van der Waals surface area contributed by atoms with E-state index in [2.05, 4.69) is 43.3 Å². The van der Waals surface area contributed by atoms with Crippen molar-refractivity contribution in [3.63, 3.8) is 0 Å². The molecule has 0 saturated heterocycles. The lowest BCUT2D eigenvalue weighted by molar-refractivity contribution is 0.102. The Labute approximate surface area is 138 Å². The Morgan fingerprint density at radius 2 is 1.70 bits per heavy atom. The van der Waals surface area contributed by atoms with Crippen molar-refractivity contribution in [3.8, 4) is 0 Å². The number of pyridine rings is 1. The third kappa shape index (κ3) is 4.81. The smallest absolute Gasteiger partial charge is 0.274 e. The molecule has 4 heteroatoms. The Balaban J connectivity index is 2.00. The molecule has 1 atom stereocenters. The number of carbonyl (C=O) groups excluding carboxylic acids is 1. The maximum absolute atomic E-state index is 12.2. The van der Waals surface area contributed by atoms with Crippen LogP contribution in [0.1, 0.15) is 56.1 Å². The topological polar surface area (TPSA) is 54.0 Å². The lowest BCUT2D eigenvalue weighted by Crippen LogP contribution is -2.16. The molecular weight excluding hydrogens is 286 g/mol. The first-order chi connectivity index (χ1) is 11.0. The average Bonchev–Trinajstić information content (AvgIpc) is 2.55. The molecule has 0 radical (unpaired) electrons. The number of rotatable bonds is 6. The number of hydrogen-bond acceptors (Lipinski definition) is 3. The highest BCUT2D eigenvalue weighted by Gasteiger charge is 2.08. The third-order valence-electron chi connectivity index (χ3n) is 3.86. The van der Waals surface area contributed by atoms with Crippen molar-refractivity contribution in [2.45, 2.75) is 46.1 Å². The second-order valence-electron chi connectivity index (χ2n) is 6.12. The van der Waals surface area contributed by atoms with Gasteiger partial charge in [-0.15, -0.1) is 0 Å². The molecule has 0 aliphatic carbocycles. The van der Waals surface area contributed by atoms with Gasteiger partial charge in [0.05, 0.1) is 11.9 Å². The fourth-order valence-electron chi connectivity index (χ4n) is 2.15. The van der Waals surface area contributed by atoms with Crippen LogP contribution in [0, 0.1) is 0 Å². The zero-order valence-electron chi connectivity index (χ0n) is 14.3. The number of carbonyl (C=O) groups is 1. The van der Waals surface area contributed by atoms with Gasteiger partial charge in [0, 0.05) is 11.7 Å².